The Kier molecular flexibility index (Phi) is 3.64. The zero-order valence-electron chi connectivity index (χ0n) is 8.82. The Morgan fingerprint density at radius 1 is 1.31 bits per heavy atom. The zero-order valence-corrected chi connectivity index (χ0v) is 9.64. The molecule has 0 aliphatic heterocycles. The molecule has 1 aromatic heterocycles. The van der Waals surface area contributed by atoms with Gasteiger partial charge in [0.1, 0.15) is 5.82 Å². The van der Waals surface area contributed by atoms with Crippen LogP contribution in [-0.4, -0.2) is 11.5 Å². The average molecular weight is 236 g/mol. The molecule has 0 bridgehead atoms. The maximum absolute atomic E-state index is 13.5. The van der Waals surface area contributed by atoms with Crippen LogP contribution in [0.4, 0.5) is 4.39 Å². The molecule has 0 atom stereocenters. The molecule has 1 heterocycles. The number of nitrogens with two attached hydrogens (primary N) is 1. The van der Waals surface area contributed by atoms with Gasteiger partial charge in [-0.2, -0.15) is 0 Å². The number of hydrogen-bond acceptors (Lipinski definition) is 3. The Labute approximate surface area is 97.9 Å². The van der Waals surface area contributed by atoms with Crippen LogP contribution < -0.4 is 5.73 Å². The highest BCUT2D eigenvalue weighted by molar-refractivity contribution is 7.15. The van der Waals surface area contributed by atoms with Crippen molar-refractivity contribution in [2.75, 3.05) is 6.54 Å². The summed E-state index contributed by atoms with van der Waals surface area (Å²) in [4.78, 5) is 5.15. The number of aromatic nitrogens is 1. The van der Waals surface area contributed by atoms with E-state index in [1.54, 1.807) is 18.3 Å². The molecule has 2 aromatic rings. The van der Waals surface area contributed by atoms with Crippen LogP contribution in [0.5, 0.6) is 0 Å². The lowest BCUT2D eigenvalue weighted by Crippen LogP contribution is -1.99. The van der Waals surface area contributed by atoms with Crippen LogP contribution >= 0.6 is 11.3 Å². The van der Waals surface area contributed by atoms with Crippen molar-refractivity contribution in [3.05, 3.63) is 41.3 Å². The number of thiazole rings is 1. The third-order valence-electron chi connectivity index (χ3n) is 2.29. The summed E-state index contributed by atoms with van der Waals surface area (Å²) in [5.74, 6) is -0.198. The largest absolute Gasteiger partial charge is 0.330 e. The fraction of sp³-hybridized carbons (Fsp3) is 0.250. The van der Waals surface area contributed by atoms with E-state index < -0.39 is 0 Å². The van der Waals surface area contributed by atoms with Crippen molar-refractivity contribution in [2.45, 2.75) is 12.8 Å². The van der Waals surface area contributed by atoms with Crippen LogP contribution in [0, 0.1) is 5.82 Å². The van der Waals surface area contributed by atoms with Gasteiger partial charge in [0.25, 0.3) is 0 Å². The van der Waals surface area contributed by atoms with Crippen LogP contribution in [0.1, 0.15) is 11.4 Å². The molecule has 1 aromatic carbocycles. The van der Waals surface area contributed by atoms with Gasteiger partial charge in [-0.1, -0.05) is 18.2 Å². The van der Waals surface area contributed by atoms with E-state index in [4.69, 9.17) is 5.73 Å². The monoisotopic (exact) mass is 236 g/mol. The molecule has 84 valence electrons. The number of aryl methyl sites for hydroxylation is 1. The van der Waals surface area contributed by atoms with Crippen molar-refractivity contribution < 1.29 is 4.39 Å². The van der Waals surface area contributed by atoms with Gasteiger partial charge in [-0.25, -0.2) is 9.37 Å². The summed E-state index contributed by atoms with van der Waals surface area (Å²) in [5.41, 5.74) is 6.06. The van der Waals surface area contributed by atoms with Gasteiger partial charge in [-0.3, -0.25) is 0 Å². The van der Waals surface area contributed by atoms with E-state index in [1.807, 2.05) is 6.07 Å². The van der Waals surface area contributed by atoms with E-state index in [0.717, 1.165) is 22.7 Å². The van der Waals surface area contributed by atoms with Crippen molar-refractivity contribution in [3.63, 3.8) is 0 Å². The van der Waals surface area contributed by atoms with Gasteiger partial charge in [0.15, 0.2) is 0 Å². The quantitative estimate of drug-likeness (QED) is 0.886. The maximum Gasteiger partial charge on any atom is 0.131 e. The molecular weight excluding hydrogens is 223 g/mol. The van der Waals surface area contributed by atoms with E-state index >= 15 is 0 Å². The first-order chi connectivity index (χ1) is 7.81. The molecule has 0 amide bonds. The Balaban J connectivity index is 2.22. The van der Waals surface area contributed by atoms with E-state index in [1.165, 1.54) is 17.4 Å². The van der Waals surface area contributed by atoms with Crippen molar-refractivity contribution in [1.82, 2.24) is 4.98 Å². The summed E-state index contributed by atoms with van der Waals surface area (Å²) in [6.45, 7) is 0.661. The third kappa shape index (κ3) is 2.46. The molecule has 0 spiro atoms. The highest BCUT2D eigenvalue weighted by atomic mass is 32.1. The summed E-state index contributed by atoms with van der Waals surface area (Å²) < 4.78 is 13.5. The van der Waals surface area contributed by atoms with E-state index in [0.29, 0.717) is 12.1 Å². The molecule has 0 saturated heterocycles. The number of nitrogens with zero attached hydrogens (tertiary/aromatic N) is 1. The lowest BCUT2D eigenvalue weighted by atomic mass is 10.2. The normalized spacial score (nSPS) is 10.6. The zero-order chi connectivity index (χ0) is 11.4. The summed E-state index contributed by atoms with van der Waals surface area (Å²) in [5, 5.41) is 1.02. The molecule has 0 aliphatic carbocycles. The molecule has 0 unspecified atom stereocenters. The first kappa shape index (κ1) is 11.2. The van der Waals surface area contributed by atoms with Gasteiger partial charge < -0.3 is 5.73 Å². The predicted octanol–water partition coefficient (Wildman–Crippen LogP) is 2.84. The smallest absolute Gasteiger partial charge is 0.131 e. The van der Waals surface area contributed by atoms with Crippen LogP contribution in [0.15, 0.2) is 30.5 Å². The highest BCUT2D eigenvalue weighted by Gasteiger charge is 2.07. The first-order valence-electron chi connectivity index (χ1n) is 5.21. The fourth-order valence-electron chi connectivity index (χ4n) is 1.46. The van der Waals surface area contributed by atoms with Gasteiger partial charge in [-0.05, 0) is 19.0 Å². The maximum atomic E-state index is 13.5. The van der Waals surface area contributed by atoms with Crippen LogP contribution in [-0.2, 0) is 6.42 Å². The second-order valence-electron chi connectivity index (χ2n) is 3.49. The summed E-state index contributed by atoms with van der Waals surface area (Å²) in [7, 11) is 0. The van der Waals surface area contributed by atoms with Gasteiger partial charge >= 0.3 is 0 Å². The molecule has 0 aliphatic rings. The van der Waals surface area contributed by atoms with Crippen LogP contribution in [0.3, 0.4) is 0 Å². The molecule has 16 heavy (non-hydrogen) atoms. The van der Waals surface area contributed by atoms with Crippen LogP contribution in [0.25, 0.3) is 10.4 Å². The van der Waals surface area contributed by atoms with E-state index in [-0.39, 0.29) is 5.82 Å². The number of rotatable bonds is 4. The first-order valence-corrected chi connectivity index (χ1v) is 6.02. The van der Waals surface area contributed by atoms with Crippen molar-refractivity contribution in [2.24, 2.45) is 5.73 Å². The van der Waals surface area contributed by atoms with Crippen molar-refractivity contribution in [1.29, 1.82) is 0 Å². The molecule has 0 saturated carbocycles. The number of benzene rings is 1. The molecule has 2 nitrogen and oxygen atoms in total. The molecule has 2 N–H and O–H groups in total. The highest BCUT2D eigenvalue weighted by Crippen LogP contribution is 2.28. The molecule has 0 radical (unpaired) electrons. The van der Waals surface area contributed by atoms with Gasteiger partial charge in [0, 0.05) is 18.2 Å². The minimum Gasteiger partial charge on any atom is -0.330 e. The third-order valence-corrected chi connectivity index (χ3v) is 3.38. The summed E-state index contributed by atoms with van der Waals surface area (Å²) >= 11 is 1.53. The average Bonchev–Trinajstić information content (AvgIpc) is 2.75. The van der Waals surface area contributed by atoms with Crippen molar-refractivity contribution in [3.8, 4) is 10.4 Å². The van der Waals surface area contributed by atoms with Gasteiger partial charge in [0.05, 0.1) is 9.88 Å². The second-order valence-corrected chi connectivity index (χ2v) is 4.61. The molecule has 0 fully saturated rings. The predicted molar refractivity (Wildman–Crippen MR) is 64.9 cm³/mol. The summed E-state index contributed by atoms with van der Waals surface area (Å²) in [6, 6.07) is 6.76. The van der Waals surface area contributed by atoms with Crippen molar-refractivity contribution >= 4 is 11.3 Å². The molecular formula is C12H13FN2S. The minimum absolute atomic E-state index is 0.198. The number of halogens is 1. The topological polar surface area (TPSA) is 38.9 Å². The SMILES string of the molecule is NCCCc1ncc(-c2ccccc2F)s1. The lowest BCUT2D eigenvalue weighted by molar-refractivity contribution is 0.631. The molecule has 4 heteroatoms. The minimum atomic E-state index is -0.198. The second kappa shape index (κ2) is 5.18. The van der Waals surface area contributed by atoms with E-state index in [2.05, 4.69) is 4.98 Å². The fourth-order valence-corrected chi connectivity index (χ4v) is 2.45. The van der Waals surface area contributed by atoms with E-state index in [9.17, 15) is 4.39 Å². The van der Waals surface area contributed by atoms with Crippen LogP contribution in [0.2, 0.25) is 0 Å². The Bertz CT molecular complexity index is 468. The summed E-state index contributed by atoms with van der Waals surface area (Å²) in [6.07, 6.45) is 3.52. The molecule has 2 rings (SSSR count). The van der Waals surface area contributed by atoms with Gasteiger partial charge in [0.2, 0.25) is 0 Å². The Morgan fingerprint density at radius 3 is 2.88 bits per heavy atom. The standard InChI is InChI=1S/C12H13FN2S/c13-10-5-2-1-4-9(10)11-8-15-12(16-11)6-3-7-14/h1-2,4-5,8H,3,6-7,14H2. The lowest BCUT2D eigenvalue weighted by Gasteiger charge is -1.97. The Morgan fingerprint density at radius 2 is 2.12 bits per heavy atom. The Hall–Kier alpha value is -1.26. The van der Waals surface area contributed by atoms with Gasteiger partial charge in [-0.15, -0.1) is 11.3 Å². The number of hydrogen-bond donors (Lipinski definition) is 1.